The van der Waals surface area contributed by atoms with Crippen LogP contribution in [0.4, 0.5) is 11.4 Å². The fourth-order valence-corrected chi connectivity index (χ4v) is 2.36. The van der Waals surface area contributed by atoms with E-state index in [2.05, 4.69) is 16.0 Å². The van der Waals surface area contributed by atoms with E-state index in [1.54, 1.807) is 18.2 Å². The lowest BCUT2D eigenvalue weighted by Gasteiger charge is -2.22. The van der Waals surface area contributed by atoms with E-state index in [-0.39, 0.29) is 30.2 Å². The molecule has 1 atom stereocenters. The Morgan fingerprint density at radius 2 is 2.14 bits per heavy atom. The lowest BCUT2D eigenvalue weighted by Crippen LogP contribution is -2.40. The van der Waals surface area contributed by atoms with Gasteiger partial charge in [0.1, 0.15) is 5.75 Å². The van der Waals surface area contributed by atoms with Crippen molar-refractivity contribution in [3.63, 3.8) is 0 Å². The van der Waals surface area contributed by atoms with Crippen molar-refractivity contribution in [2.45, 2.75) is 12.8 Å². The number of benzene rings is 1. The van der Waals surface area contributed by atoms with Crippen LogP contribution >= 0.6 is 0 Å². The van der Waals surface area contributed by atoms with Crippen LogP contribution in [0.5, 0.6) is 5.75 Å². The first-order valence-electron chi connectivity index (χ1n) is 6.76. The zero-order valence-corrected chi connectivity index (χ0v) is 11.3. The molecule has 0 aliphatic carbocycles. The molecule has 0 bridgehead atoms. The first-order chi connectivity index (χ1) is 10.1. The fourth-order valence-electron chi connectivity index (χ4n) is 2.36. The highest BCUT2D eigenvalue weighted by Gasteiger charge is 2.25. The molecule has 1 fully saturated rings. The number of carbonyl (C=O) groups is 3. The van der Waals surface area contributed by atoms with E-state index in [1.807, 2.05) is 0 Å². The number of fused-ring (bicyclic) bond motifs is 1. The number of nitrogens with one attached hydrogen (secondary N) is 3. The molecule has 2 heterocycles. The molecule has 3 rings (SSSR count). The molecule has 3 amide bonds. The number of rotatable bonds is 2. The smallest absolute Gasteiger partial charge is 0.262 e. The van der Waals surface area contributed by atoms with Crippen molar-refractivity contribution in [3.8, 4) is 5.75 Å². The van der Waals surface area contributed by atoms with Crippen LogP contribution < -0.4 is 20.7 Å². The van der Waals surface area contributed by atoms with Gasteiger partial charge >= 0.3 is 0 Å². The zero-order valence-electron chi connectivity index (χ0n) is 11.3. The Balaban J connectivity index is 1.67. The van der Waals surface area contributed by atoms with Gasteiger partial charge in [-0.3, -0.25) is 14.4 Å². The molecule has 7 heteroatoms. The highest BCUT2D eigenvalue weighted by Crippen LogP contribution is 2.30. The van der Waals surface area contributed by atoms with E-state index in [0.29, 0.717) is 36.5 Å². The Morgan fingerprint density at radius 3 is 2.90 bits per heavy atom. The lowest BCUT2D eigenvalue weighted by atomic mass is 9.98. The van der Waals surface area contributed by atoms with Crippen molar-refractivity contribution < 1.29 is 19.1 Å². The number of hydrogen-bond acceptors (Lipinski definition) is 4. The summed E-state index contributed by atoms with van der Waals surface area (Å²) in [6.45, 7) is 0.357. The molecular weight excluding hydrogens is 274 g/mol. The summed E-state index contributed by atoms with van der Waals surface area (Å²) >= 11 is 0. The van der Waals surface area contributed by atoms with Crippen LogP contribution in [-0.4, -0.2) is 30.9 Å². The molecule has 0 radical (unpaired) electrons. The summed E-state index contributed by atoms with van der Waals surface area (Å²) in [4.78, 5) is 34.5. The van der Waals surface area contributed by atoms with Gasteiger partial charge in [0, 0.05) is 18.7 Å². The maximum atomic E-state index is 12.1. The van der Waals surface area contributed by atoms with E-state index < -0.39 is 0 Å². The fraction of sp³-hybridized carbons (Fsp3) is 0.357. The summed E-state index contributed by atoms with van der Waals surface area (Å²) in [7, 11) is 0. The second-order valence-electron chi connectivity index (χ2n) is 5.08. The van der Waals surface area contributed by atoms with Crippen LogP contribution in [0.1, 0.15) is 12.8 Å². The Morgan fingerprint density at radius 1 is 1.29 bits per heavy atom. The van der Waals surface area contributed by atoms with Gasteiger partial charge in [-0.25, -0.2) is 0 Å². The summed E-state index contributed by atoms with van der Waals surface area (Å²) in [5.41, 5.74) is 1.13. The van der Waals surface area contributed by atoms with E-state index in [4.69, 9.17) is 4.74 Å². The van der Waals surface area contributed by atoms with Crippen molar-refractivity contribution >= 4 is 29.1 Å². The maximum absolute atomic E-state index is 12.1. The SMILES string of the molecule is O=C1CCC(C(=O)Nc2ccc3c(c2)NC(=O)CO3)CN1. The van der Waals surface area contributed by atoms with Gasteiger partial charge in [0.2, 0.25) is 11.8 Å². The minimum absolute atomic E-state index is 0.000474. The highest BCUT2D eigenvalue weighted by molar-refractivity contribution is 5.98. The first-order valence-corrected chi connectivity index (χ1v) is 6.76. The molecule has 110 valence electrons. The minimum Gasteiger partial charge on any atom is -0.482 e. The third-order valence-corrected chi connectivity index (χ3v) is 3.52. The third kappa shape index (κ3) is 2.96. The Labute approximate surface area is 121 Å². The maximum Gasteiger partial charge on any atom is 0.262 e. The van der Waals surface area contributed by atoms with E-state index >= 15 is 0 Å². The summed E-state index contributed by atoms with van der Waals surface area (Å²) in [5.74, 6) is -0.0335. The van der Waals surface area contributed by atoms with Crippen molar-refractivity contribution in [1.82, 2.24) is 5.32 Å². The van der Waals surface area contributed by atoms with Gasteiger partial charge in [-0.2, -0.15) is 0 Å². The number of amides is 3. The summed E-state index contributed by atoms with van der Waals surface area (Å²) in [6.07, 6.45) is 0.911. The second-order valence-corrected chi connectivity index (χ2v) is 5.08. The van der Waals surface area contributed by atoms with Gasteiger partial charge in [-0.1, -0.05) is 0 Å². The molecular formula is C14H15N3O4. The molecule has 1 unspecified atom stereocenters. The van der Waals surface area contributed by atoms with Crippen LogP contribution in [0.15, 0.2) is 18.2 Å². The number of ether oxygens (including phenoxy) is 1. The predicted octanol–water partition coefficient (Wildman–Crippen LogP) is 0.482. The normalized spacial score (nSPS) is 20.7. The van der Waals surface area contributed by atoms with Crippen LogP contribution in [0.3, 0.4) is 0 Å². The van der Waals surface area contributed by atoms with Crippen LogP contribution in [0.25, 0.3) is 0 Å². The standard InChI is InChI=1S/C14H15N3O4/c18-12-4-1-8(6-15-12)14(20)16-9-2-3-11-10(5-9)17-13(19)7-21-11/h2-3,5,8H,1,4,6-7H2,(H,15,18)(H,16,20)(H,17,19). The molecule has 21 heavy (non-hydrogen) atoms. The van der Waals surface area contributed by atoms with Crippen molar-refractivity contribution in [2.75, 3.05) is 23.8 Å². The van der Waals surface area contributed by atoms with Gasteiger partial charge in [0.05, 0.1) is 11.6 Å². The molecule has 0 spiro atoms. The molecule has 0 aromatic heterocycles. The Bertz CT molecular complexity index is 604. The first kappa shape index (κ1) is 13.4. The van der Waals surface area contributed by atoms with E-state index in [9.17, 15) is 14.4 Å². The van der Waals surface area contributed by atoms with Crippen molar-refractivity contribution in [3.05, 3.63) is 18.2 Å². The third-order valence-electron chi connectivity index (χ3n) is 3.52. The van der Waals surface area contributed by atoms with Crippen molar-refractivity contribution in [2.24, 2.45) is 5.92 Å². The Hall–Kier alpha value is -2.57. The average Bonchev–Trinajstić information content (AvgIpc) is 2.47. The monoisotopic (exact) mass is 289 g/mol. The molecule has 1 aromatic rings. The van der Waals surface area contributed by atoms with Gasteiger partial charge in [0.25, 0.3) is 5.91 Å². The number of carbonyl (C=O) groups excluding carboxylic acids is 3. The van der Waals surface area contributed by atoms with Crippen LogP contribution in [0, 0.1) is 5.92 Å². The van der Waals surface area contributed by atoms with Gasteiger partial charge < -0.3 is 20.7 Å². The van der Waals surface area contributed by atoms with Gasteiger partial charge in [0.15, 0.2) is 6.61 Å². The molecule has 1 aromatic carbocycles. The molecule has 2 aliphatic rings. The second kappa shape index (κ2) is 5.43. The molecule has 7 nitrogen and oxygen atoms in total. The van der Waals surface area contributed by atoms with Gasteiger partial charge in [-0.05, 0) is 24.6 Å². The average molecular weight is 289 g/mol. The van der Waals surface area contributed by atoms with E-state index in [0.717, 1.165) is 0 Å². The molecule has 2 aliphatic heterocycles. The zero-order chi connectivity index (χ0) is 14.8. The molecule has 3 N–H and O–H groups in total. The number of hydrogen-bond donors (Lipinski definition) is 3. The topological polar surface area (TPSA) is 96.5 Å². The molecule has 0 saturated carbocycles. The highest BCUT2D eigenvalue weighted by atomic mass is 16.5. The quantitative estimate of drug-likeness (QED) is 0.738. The Kier molecular flexibility index (Phi) is 3.47. The summed E-state index contributed by atoms with van der Waals surface area (Å²) in [5, 5.41) is 8.16. The minimum atomic E-state index is -0.232. The summed E-state index contributed by atoms with van der Waals surface area (Å²) in [6, 6.07) is 5.08. The van der Waals surface area contributed by atoms with Gasteiger partial charge in [-0.15, -0.1) is 0 Å². The predicted molar refractivity (Wildman–Crippen MR) is 74.9 cm³/mol. The lowest BCUT2D eigenvalue weighted by molar-refractivity contribution is -0.126. The number of anilines is 2. The van der Waals surface area contributed by atoms with E-state index in [1.165, 1.54) is 0 Å². The van der Waals surface area contributed by atoms with Crippen molar-refractivity contribution in [1.29, 1.82) is 0 Å². The van der Waals surface area contributed by atoms with Crippen LogP contribution in [-0.2, 0) is 14.4 Å². The summed E-state index contributed by atoms with van der Waals surface area (Å²) < 4.78 is 5.25. The number of piperidine rings is 1. The largest absolute Gasteiger partial charge is 0.482 e. The molecule has 1 saturated heterocycles. The van der Waals surface area contributed by atoms with Crippen LogP contribution in [0.2, 0.25) is 0 Å².